The minimum Gasteiger partial charge on any atom is -0.481 e. The summed E-state index contributed by atoms with van der Waals surface area (Å²) in [6, 6.07) is 4.93. The maximum atomic E-state index is 13.6. The zero-order chi connectivity index (χ0) is 13.8. The van der Waals surface area contributed by atoms with Crippen LogP contribution in [0.3, 0.4) is 0 Å². The monoisotopic (exact) mass is 361 g/mol. The molecule has 2 aromatic rings. The topological polar surface area (TPSA) is 50.2 Å². The van der Waals surface area contributed by atoms with Crippen molar-refractivity contribution in [2.24, 2.45) is 0 Å². The fourth-order valence-corrected chi connectivity index (χ4v) is 3.53. The van der Waals surface area contributed by atoms with Gasteiger partial charge in [0.15, 0.2) is 0 Å². The Morgan fingerprint density at radius 3 is 3.00 bits per heavy atom. The lowest BCUT2D eigenvalue weighted by Crippen LogP contribution is -1.99. The van der Waals surface area contributed by atoms with Crippen LogP contribution in [-0.2, 0) is 17.0 Å². The molecule has 0 aliphatic carbocycles. The molecule has 0 aliphatic rings. The molecule has 0 bridgehead atoms. The number of thioether (sulfide) groups is 1. The number of carbonyl (C=O) groups is 1. The second kappa shape index (κ2) is 6.49. The van der Waals surface area contributed by atoms with E-state index in [9.17, 15) is 9.18 Å². The van der Waals surface area contributed by atoms with Crippen LogP contribution in [0.4, 0.5) is 4.39 Å². The van der Waals surface area contributed by atoms with Crippen molar-refractivity contribution >= 4 is 45.0 Å². The summed E-state index contributed by atoms with van der Waals surface area (Å²) in [5.41, 5.74) is 1.14. The molecule has 19 heavy (non-hydrogen) atoms. The predicted octanol–water partition coefficient (Wildman–Crippen LogP) is 3.96. The highest BCUT2D eigenvalue weighted by Gasteiger charge is 2.08. The van der Waals surface area contributed by atoms with Gasteiger partial charge in [0.05, 0.1) is 12.1 Å². The summed E-state index contributed by atoms with van der Waals surface area (Å²) in [5, 5.41) is 10.4. The first-order valence-corrected chi connectivity index (χ1v) is 7.93. The average Bonchev–Trinajstić information content (AvgIpc) is 2.74. The number of aromatic nitrogens is 1. The van der Waals surface area contributed by atoms with E-state index in [0.29, 0.717) is 21.5 Å². The van der Waals surface area contributed by atoms with E-state index in [-0.39, 0.29) is 12.2 Å². The van der Waals surface area contributed by atoms with Crippen molar-refractivity contribution in [2.45, 2.75) is 16.5 Å². The van der Waals surface area contributed by atoms with E-state index in [1.165, 1.54) is 29.2 Å². The van der Waals surface area contributed by atoms with Crippen LogP contribution in [0.2, 0.25) is 0 Å². The molecule has 1 aromatic heterocycles. The summed E-state index contributed by atoms with van der Waals surface area (Å²) in [6.45, 7) is 0. The minimum atomic E-state index is -0.902. The van der Waals surface area contributed by atoms with Crippen LogP contribution < -0.4 is 0 Å². The Bertz CT molecular complexity index is 603. The summed E-state index contributed by atoms with van der Waals surface area (Å²) in [6.07, 6.45) is -0.0797. The van der Waals surface area contributed by atoms with Crippen LogP contribution in [0.5, 0.6) is 0 Å². The molecule has 1 aromatic carbocycles. The van der Waals surface area contributed by atoms with E-state index in [1.54, 1.807) is 17.5 Å². The van der Waals surface area contributed by atoms with Crippen molar-refractivity contribution in [1.82, 2.24) is 4.98 Å². The molecule has 0 spiro atoms. The molecular formula is C12H9BrFNO2S2. The number of rotatable bonds is 5. The second-order valence-electron chi connectivity index (χ2n) is 3.70. The maximum absolute atomic E-state index is 13.6. The van der Waals surface area contributed by atoms with Crippen molar-refractivity contribution in [3.63, 3.8) is 0 Å². The fourth-order valence-electron chi connectivity index (χ4n) is 1.37. The molecule has 0 saturated carbocycles. The Morgan fingerprint density at radius 2 is 2.32 bits per heavy atom. The number of hydrogen-bond acceptors (Lipinski definition) is 4. The van der Waals surface area contributed by atoms with E-state index in [0.717, 1.165) is 4.34 Å². The van der Waals surface area contributed by atoms with Gasteiger partial charge in [-0.1, -0.05) is 33.8 Å². The number of benzene rings is 1. The third-order valence-corrected chi connectivity index (χ3v) is 4.84. The molecule has 0 fully saturated rings. The van der Waals surface area contributed by atoms with Crippen LogP contribution in [0.15, 0.2) is 32.4 Å². The molecule has 0 atom stereocenters. The van der Waals surface area contributed by atoms with Gasteiger partial charge in [-0.2, -0.15) is 0 Å². The fraction of sp³-hybridized carbons (Fsp3) is 0.167. The Hall–Kier alpha value is -0.920. The summed E-state index contributed by atoms with van der Waals surface area (Å²) in [4.78, 5) is 14.7. The molecule has 7 heteroatoms. The van der Waals surface area contributed by atoms with E-state index >= 15 is 0 Å². The van der Waals surface area contributed by atoms with Gasteiger partial charge in [-0.25, -0.2) is 9.37 Å². The highest BCUT2D eigenvalue weighted by atomic mass is 79.9. The Kier molecular flexibility index (Phi) is 4.95. The first kappa shape index (κ1) is 14.5. The number of thiazole rings is 1. The SMILES string of the molecule is O=C(O)Cc1csc(SCc2ccc(Br)cc2F)n1. The molecular weight excluding hydrogens is 353 g/mol. The van der Waals surface area contributed by atoms with E-state index in [4.69, 9.17) is 5.11 Å². The van der Waals surface area contributed by atoms with Gasteiger partial charge in [0.1, 0.15) is 10.2 Å². The number of carboxylic acid groups (broad SMARTS) is 1. The minimum absolute atomic E-state index is 0.0797. The number of halogens is 2. The number of hydrogen-bond donors (Lipinski definition) is 1. The van der Waals surface area contributed by atoms with Crippen molar-refractivity contribution in [2.75, 3.05) is 0 Å². The summed E-state index contributed by atoms with van der Waals surface area (Å²) < 4.78 is 15.0. The van der Waals surface area contributed by atoms with E-state index in [1.807, 2.05) is 0 Å². The first-order valence-electron chi connectivity index (χ1n) is 5.27. The van der Waals surface area contributed by atoms with E-state index < -0.39 is 5.97 Å². The lowest BCUT2D eigenvalue weighted by atomic mass is 10.2. The molecule has 0 aliphatic heterocycles. The molecule has 100 valence electrons. The number of aliphatic carboxylic acids is 1. The normalized spacial score (nSPS) is 10.6. The zero-order valence-electron chi connectivity index (χ0n) is 9.60. The smallest absolute Gasteiger partial charge is 0.309 e. The number of nitrogens with zero attached hydrogens (tertiary/aromatic N) is 1. The van der Waals surface area contributed by atoms with Gasteiger partial charge in [-0.05, 0) is 17.7 Å². The van der Waals surface area contributed by atoms with Gasteiger partial charge < -0.3 is 5.11 Å². The molecule has 0 amide bonds. The maximum Gasteiger partial charge on any atom is 0.309 e. The standard InChI is InChI=1S/C12H9BrFNO2S2/c13-8-2-1-7(10(14)3-8)5-18-12-15-9(6-19-12)4-11(16)17/h1-3,6H,4-5H2,(H,16,17). The van der Waals surface area contributed by atoms with Gasteiger partial charge >= 0.3 is 5.97 Å². The van der Waals surface area contributed by atoms with Gasteiger partial charge in [-0.15, -0.1) is 11.3 Å². The Balaban J connectivity index is 1.98. The zero-order valence-corrected chi connectivity index (χ0v) is 12.8. The molecule has 1 heterocycles. The third kappa shape index (κ3) is 4.29. The molecule has 2 rings (SSSR count). The van der Waals surface area contributed by atoms with Gasteiger partial charge in [0.2, 0.25) is 0 Å². The third-order valence-electron chi connectivity index (χ3n) is 2.23. The van der Waals surface area contributed by atoms with Crippen LogP contribution >= 0.6 is 39.0 Å². The van der Waals surface area contributed by atoms with Crippen LogP contribution in [0.25, 0.3) is 0 Å². The van der Waals surface area contributed by atoms with Crippen molar-refractivity contribution in [3.05, 3.63) is 45.1 Å². The predicted molar refractivity (Wildman–Crippen MR) is 77.1 cm³/mol. The lowest BCUT2D eigenvalue weighted by Gasteiger charge is -2.01. The Labute approximate surface area is 126 Å². The summed E-state index contributed by atoms with van der Waals surface area (Å²) in [7, 11) is 0. The van der Waals surface area contributed by atoms with Crippen LogP contribution in [0.1, 0.15) is 11.3 Å². The molecule has 3 nitrogen and oxygen atoms in total. The summed E-state index contributed by atoms with van der Waals surface area (Å²) in [5.74, 6) is -0.691. The first-order chi connectivity index (χ1) is 9.04. The molecule has 1 N–H and O–H groups in total. The van der Waals surface area contributed by atoms with Gasteiger partial charge in [-0.3, -0.25) is 4.79 Å². The highest BCUT2D eigenvalue weighted by Crippen LogP contribution is 2.28. The molecule has 0 saturated heterocycles. The van der Waals surface area contributed by atoms with Gasteiger partial charge in [0.25, 0.3) is 0 Å². The highest BCUT2D eigenvalue weighted by molar-refractivity contribution is 9.10. The van der Waals surface area contributed by atoms with Crippen LogP contribution in [0, 0.1) is 5.82 Å². The molecule has 0 radical (unpaired) electrons. The summed E-state index contributed by atoms with van der Waals surface area (Å²) >= 11 is 5.98. The quantitative estimate of drug-likeness (QED) is 0.818. The molecule has 0 unspecified atom stereocenters. The van der Waals surface area contributed by atoms with Crippen molar-refractivity contribution < 1.29 is 14.3 Å². The lowest BCUT2D eigenvalue weighted by molar-refractivity contribution is -0.136. The average molecular weight is 362 g/mol. The largest absolute Gasteiger partial charge is 0.481 e. The van der Waals surface area contributed by atoms with Crippen LogP contribution in [-0.4, -0.2) is 16.1 Å². The second-order valence-corrected chi connectivity index (χ2v) is 6.70. The number of carboxylic acids is 1. The Morgan fingerprint density at radius 1 is 1.53 bits per heavy atom. The van der Waals surface area contributed by atoms with E-state index in [2.05, 4.69) is 20.9 Å². The van der Waals surface area contributed by atoms with Crippen molar-refractivity contribution in [3.8, 4) is 0 Å². The van der Waals surface area contributed by atoms with Gasteiger partial charge in [0, 0.05) is 15.6 Å². The van der Waals surface area contributed by atoms with Crippen molar-refractivity contribution in [1.29, 1.82) is 0 Å².